The summed E-state index contributed by atoms with van der Waals surface area (Å²) in [5.41, 5.74) is 4.46. The number of carbonyl (C=O) groups excluding carboxylic acids is 2. The van der Waals surface area contributed by atoms with Crippen LogP contribution in [-0.4, -0.2) is 45.8 Å². The quantitative estimate of drug-likeness (QED) is 0.573. The van der Waals surface area contributed by atoms with Gasteiger partial charge in [-0.3, -0.25) is 9.59 Å². The molecule has 1 unspecified atom stereocenters. The van der Waals surface area contributed by atoms with Crippen molar-refractivity contribution in [2.45, 2.75) is 71.3 Å². The summed E-state index contributed by atoms with van der Waals surface area (Å²) < 4.78 is 0. The fourth-order valence-corrected chi connectivity index (χ4v) is 5.73. The normalized spacial score (nSPS) is 16.2. The van der Waals surface area contributed by atoms with Crippen molar-refractivity contribution in [2.75, 3.05) is 13.1 Å². The lowest BCUT2D eigenvalue weighted by atomic mass is 9.92. The maximum absolute atomic E-state index is 13.4. The number of nitrogens with zero attached hydrogens (tertiary/aromatic N) is 2. The fraction of sp³-hybridized carbons (Fsp3) is 0.500. The first-order valence-electron chi connectivity index (χ1n) is 11.7. The highest BCUT2D eigenvalue weighted by atomic mass is 32.1. The summed E-state index contributed by atoms with van der Waals surface area (Å²) in [6.45, 7) is 11.5. The number of aromatic nitrogens is 2. The Hall–Kier alpha value is -2.67. The van der Waals surface area contributed by atoms with Gasteiger partial charge in [0.1, 0.15) is 6.04 Å². The van der Waals surface area contributed by atoms with Crippen molar-refractivity contribution in [3.63, 3.8) is 0 Å². The van der Waals surface area contributed by atoms with Crippen LogP contribution in [0.2, 0.25) is 0 Å². The second kappa shape index (κ2) is 9.29. The monoisotopic (exact) mass is 466 g/mol. The van der Waals surface area contributed by atoms with Gasteiger partial charge in [-0.05, 0) is 37.5 Å². The maximum atomic E-state index is 13.4. The zero-order chi connectivity index (χ0) is 23.8. The number of carbonyl (C=O) groups is 2. The smallest absolute Gasteiger partial charge is 0.245 e. The summed E-state index contributed by atoms with van der Waals surface area (Å²) in [5.74, 6) is 0.211. The fourth-order valence-electron chi connectivity index (χ4n) is 4.51. The predicted octanol–water partition coefficient (Wildman–Crippen LogP) is 4.68. The number of H-pyrrole nitrogens is 1. The molecule has 3 aromatic rings. The Labute approximate surface area is 199 Å². The summed E-state index contributed by atoms with van der Waals surface area (Å²) in [4.78, 5) is 35.4. The molecule has 33 heavy (non-hydrogen) atoms. The molecule has 176 valence electrons. The Balaban J connectivity index is 1.45. The van der Waals surface area contributed by atoms with E-state index in [-0.39, 0.29) is 17.2 Å². The molecule has 0 bridgehead atoms. The number of hydrogen-bond acceptors (Lipinski definition) is 4. The molecule has 3 heterocycles. The second-order valence-corrected chi connectivity index (χ2v) is 11.1. The average Bonchev–Trinajstić information content (AvgIpc) is 3.40. The minimum atomic E-state index is -0.564. The van der Waals surface area contributed by atoms with E-state index in [4.69, 9.17) is 4.98 Å². The van der Waals surface area contributed by atoms with Gasteiger partial charge in [-0.1, -0.05) is 32.4 Å². The van der Waals surface area contributed by atoms with Crippen LogP contribution in [0.1, 0.15) is 68.3 Å². The van der Waals surface area contributed by atoms with Crippen molar-refractivity contribution in [3.05, 3.63) is 51.6 Å². The number of piperidine rings is 1. The van der Waals surface area contributed by atoms with Crippen LogP contribution in [0.15, 0.2) is 29.8 Å². The number of hydrogen-bond donors (Lipinski definition) is 2. The third kappa shape index (κ3) is 5.29. The van der Waals surface area contributed by atoms with Crippen molar-refractivity contribution in [1.29, 1.82) is 0 Å². The van der Waals surface area contributed by atoms with E-state index in [1.807, 2.05) is 11.1 Å². The van der Waals surface area contributed by atoms with Gasteiger partial charge in [-0.15, -0.1) is 11.3 Å². The van der Waals surface area contributed by atoms with Crippen molar-refractivity contribution in [1.82, 2.24) is 20.2 Å². The van der Waals surface area contributed by atoms with Gasteiger partial charge in [0.25, 0.3) is 0 Å². The van der Waals surface area contributed by atoms with Crippen LogP contribution in [0.25, 0.3) is 10.9 Å². The van der Waals surface area contributed by atoms with Gasteiger partial charge in [-0.2, -0.15) is 0 Å². The topological polar surface area (TPSA) is 78.1 Å². The molecule has 4 rings (SSSR count). The molecule has 0 aliphatic carbocycles. The van der Waals surface area contributed by atoms with Crippen LogP contribution >= 0.6 is 11.3 Å². The zero-order valence-corrected chi connectivity index (χ0v) is 21.0. The molecule has 1 fully saturated rings. The molecule has 0 spiro atoms. The van der Waals surface area contributed by atoms with E-state index in [0.717, 1.165) is 35.0 Å². The number of aromatic amines is 1. The molecule has 2 aromatic heterocycles. The van der Waals surface area contributed by atoms with E-state index in [1.54, 1.807) is 11.3 Å². The number of fused-ring (bicyclic) bond motifs is 1. The van der Waals surface area contributed by atoms with Gasteiger partial charge in [0.15, 0.2) is 0 Å². The Morgan fingerprint density at radius 2 is 2.00 bits per heavy atom. The molecule has 1 aliphatic heterocycles. The summed E-state index contributed by atoms with van der Waals surface area (Å²) in [7, 11) is 0. The van der Waals surface area contributed by atoms with Crippen LogP contribution in [0.5, 0.6) is 0 Å². The van der Waals surface area contributed by atoms with E-state index in [0.29, 0.717) is 25.4 Å². The highest BCUT2D eigenvalue weighted by Gasteiger charge is 2.31. The standard InChI is InChI=1S/C26H34N4O2S/c1-16-6-7-21-20(12-16)19(14-27-21)13-22(28-17(2)31)25(32)30-10-8-18(9-11-30)24-29-23(15-33-24)26(3,4)5/h6-7,12,14-15,18,22,27H,8-11,13H2,1-5H3,(H,28,31). The number of rotatable bonds is 5. The minimum Gasteiger partial charge on any atom is -0.361 e. The third-order valence-electron chi connectivity index (χ3n) is 6.47. The van der Waals surface area contributed by atoms with Gasteiger partial charge in [0.2, 0.25) is 11.8 Å². The lowest BCUT2D eigenvalue weighted by Gasteiger charge is -2.33. The van der Waals surface area contributed by atoms with Crippen LogP contribution < -0.4 is 5.32 Å². The van der Waals surface area contributed by atoms with Crippen molar-refractivity contribution < 1.29 is 9.59 Å². The Kier molecular flexibility index (Phi) is 6.61. The molecular weight excluding hydrogens is 432 g/mol. The van der Waals surface area contributed by atoms with Crippen molar-refractivity contribution in [3.8, 4) is 0 Å². The number of thiazole rings is 1. The molecule has 6 nitrogen and oxygen atoms in total. The Bertz CT molecular complexity index is 1150. The first kappa shape index (κ1) is 23.5. The molecule has 0 radical (unpaired) electrons. The molecule has 1 aromatic carbocycles. The van der Waals surface area contributed by atoms with Crippen LogP contribution in [0.3, 0.4) is 0 Å². The molecule has 7 heteroatoms. The summed E-state index contributed by atoms with van der Waals surface area (Å²) in [6.07, 6.45) is 4.24. The predicted molar refractivity (Wildman–Crippen MR) is 134 cm³/mol. The third-order valence-corrected chi connectivity index (χ3v) is 7.48. The van der Waals surface area contributed by atoms with E-state index in [9.17, 15) is 9.59 Å². The van der Waals surface area contributed by atoms with Gasteiger partial charge in [0, 0.05) is 60.2 Å². The van der Waals surface area contributed by atoms with Gasteiger partial charge in [-0.25, -0.2) is 4.98 Å². The van der Waals surface area contributed by atoms with Gasteiger partial charge in [0.05, 0.1) is 10.7 Å². The number of benzene rings is 1. The number of aryl methyl sites for hydroxylation is 1. The maximum Gasteiger partial charge on any atom is 0.245 e. The van der Waals surface area contributed by atoms with Crippen LogP contribution in [0.4, 0.5) is 0 Å². The van der Waals surface area contributed by atoms with Crippen molar-refractivity contribution in [2.24, 2.45) is 0 Å². The number of likely N-dealkylation sites (tertiary alicyclic amines) is 1. The highest BCUT2D eigenvalue weighted by molar-refractivity contribution is 7.09. The lowest BCUT2D eigenvalue weighted by Crippen LogP contribution is -2.51. The van der Waals surface area contributed by atoms with Gasteiger partial charge < -0.3 is 15.2 Å². The molecule has 2 amide bonds. The number of nitrogens with one attached hydrogen (secondary N) is 2. The Morgan fingerprint density at radius 3 is 2.64 bits per heavy atom. The molecule has 1 saturated heterocycles. The van der Waals surface area contributed by atoms with Gasteiger partial charge >= 0.3 is 0 Å². The first-order valence-corrected chi connectivity index (χ1v) is 12.6. The molecule has 1 aliphatic rings. The van der Waals surface area contributed by atoms with Crippen LogP contribution in [-0.2, 0) is 21.4 Å². The van der Waals surface area contributed by atoms with Crippen LogP contribution in [0, 0.1) is 6.92 Å². The minimum absolute atomic E-state index is 0.000160. The summed E-state index contributed by atoms with van der Waals surface area (Å²) in [6, 6.07) is 5.68. The molecule has 1 atom stereocenters. The lowest BCUT2D eigenvalue weighted by molar-refractivity contribution is -0.137. The first-order chi connectivity index (χ1) is 15.6. The second-order valence-electron chi connectivity index (χ2n) is 10.2. The highest BCUT2D eigenvalue weighted by Crippen LogP contribution is 2.33. The average molecular weight is 467 g/mol. The van der Waals surface area contributed by atoms with Crippen molar-refractivity contribution >= 4 is 34.1 Å². The largest absolute Gasteiger partial charge is 0.361 e. The van der Waals surface area contributed by atoms with E-state index in [2.05, 4.69) is 61.6 Å². The summed E-state index contributed by atoms with van der Waals surface area (Å²) in [5, 5.41) is 7.36. The van der Waals surface area contributed by atoms with E-state index >= 15 is 0 Å². The summed E-state index contributed by atoms with van der Waals surface area (Å²) >= 11 is 1.74. The Morgan fingerprint density at radius 1 is 1.27 bits per heavy atom. The van der Waals surface area contributed by atoms with E-state index < -0.39 is 6.04 Å². The molecule has 2 N–H and O–H groups in total. The number of amides is 2. The molecule has 0 saturated carbocycles. The SMILES string of the molecule is CC(=O)NC(Cc1c[nH]c2ccc(C)cc12)C(=O)N1CCC(c2nc(C(C)(C)C)cs2)CC1. The van der Waals surface area contributed by atoms with E-state index in [1.165, 1.54) is 17.5 Å². The zero-order valence-electron chi connectivity index (χ0n) is 20.2. The molecular formula is C26H34N4O2S.